The molecule has 130 valence electrons. The first kappa shape index (κ1) is 16.0. The molecule has 0 aromatic carbocycles. The van der Waals surface area contributed by atoms with Crippen molar-refractivity contribution in [1.82, 2.24) is 19.7 Å². The van der Waals surface area contributed by atoms with Gasteiger partial charge in [0.1, 0.15) is 0 Å². The number of carbonyl (C=O) groups is 2. The van der Waals surface area contributed by atoms with E-state index < -0.39 is 0 Å². The van der Waals surface area contributed by atoms with Gasteiger partial charge in [0.25, 0.3) is 0 Å². The van der Waals surface area contributed by atoms with Gasteiger partial charge in [-0.25, -0.2) is 4.98 Å². The zero-order valence-electron chi connectivity index (χ0n) is 13.9. The number of hydrogen-bond acceptors (Lipinski definition) is 5. The summed E-state index contributed by atoms with van der Waals surface area (Å²) < 4.78 is 0. The van der Waals surface area contributed by atoms with Gasteiger partial charge in [0.15, 0.2) is 0 Å². The molecule has 1 atom stereocenters. The minimum Gasteiger partial charge on any atom is -0.341 e. The van der Waals surface area contributed by atoms with E-state index in [0.717, 1.165) is 57.7 Å². The van der Waals surface area contributed by atoms with Crippen LogP contribution in [0.1, 0.15) is 31.4 Å². The van der Waals surface area contributed by atoms with Crippen LogP contribution >= 0.6 is 11.3 Å². The molecule has 3 heterocycles. The fourth-order valence-corrected chi connectivity index (χ4v) is 4.34. The Labute approximate surface area is 146 Å². The SMILES string of the molecule is O=C(C1CC(=O)N(C2CC2)C1)N1CCCN(Cc2cscn2)CC1. The van der Waals surface area contributed by atoms with Crippen LogP contribution in [-0.4, -0.2) is 70.3 Å². The molecule has 2 aliphatic heterocycles. The van der Waals surface area contributed by atoms with Crippen LogP contribution in [0.25, 0.3) is 0 Å². The van der Waals surface area contributed by atoms with Crippen LogP contribution in [-0.2, 0) is 16.1 Å². The molecule has 0 spiro atoms. The average molecular weight is 348 g/mol. The van der Waals surface area contributed by atoms with E-state index in [9.17, 15) is 9.59 Å². The van der Waals surface area contributed by atoms with Gasteiger partial charge in [-0.15, -0.1) is 11.3 Å². The zero-order chi connectivity index (χ0) is 16.5. The largest absolute Gasteiger partial charge is 0.341 e. The molecule has 1 unspecified atom stereocenters. The number of likely N-dealkylation sites (tertiary alicyclic amines) is 1. The molecular formula is C17H24N4O2S. The topological polar surface area (TPSA) is 56.8 Å². The van der Waals surface area contributed by atoms with E-state index in [1.54, 1.807) is 11.3 Å². The lowest BCUT2D eigenvalue weighted by atomic mass is 10.1. The van der Waals surface area contributed by atoms with Crippen LogP contribution in [0.5, 0.6) is 0 Å². The van der Waals surface area contributed by atoms with Crippen molar-refractivity contribution in [2.24, 2.45) is 5.92 Å². The van der Waals surface area contributed by atoms with Crippen molar-refractivity contribution in [3.05, 3.63) is 16.6 Å². The van der Waals surface area contributed by atoms with Crippen molar-refractivity contribution in [2.45, 2.75) is 38.3 Å². The Balaban J connectivity index is 1.31. The van der Waals surface area contributed by atoms with E-state index in [1.165, 1.54) is 0 Å². The van der Waals surface area contributed by atoms with Crippen LogP contribution in [0.3, 0.4) is 0 Å². The molecule has 1 aliphatic carbocycles. The van der Waals surface area contributed by atoms with E-state index in [-0.39, 0.29) is 17.7 Å². The molecule has 3 fully saturated rings. The highest BCUT2D eigenvalue weighted by Gasteiger charge is 2.42. The Morgan fingerprint density at radius 3 is 2.88 bits per heavy atom. The molecule has 1 saturated carbocycles. The summed E-state index contributed by atoms with van der Waals surface area (Å²) in [6, 6.07) is 0.424. The van der Waals surface area contributed by atoms with Gasteiger partial charge in [-0.2, -0.15) is 0 Å². The Hall–Kier alpha value is -1.47. The Morgan fingerprint density at radius 1 is 1.25 bits per heavy atom. The van der Waals surface area contributed by atoms with Gasteiger partial charge in [-0.1, -0.05) is 0 Å². The Bertz CT molecular complexity index is 602. The summed E-state index contributed by atoms with van der Waals surface area (Å²) in [6.45, 7) is 4.96. The summed E-state index contributed by atoms with van der Waals surface area (Å²) in [7, 11) is 0. The van der Waals surface area contributed by atoms with Gasteiger partial charge >= 0.3 is 0 Å². The number of aromatic nitrogens is 1. The molecule has 4 rings (SSSR count). The number of carbonyl (C=O) groups excluding carboxylic acids is 2. The lowest BCUT2D eigenvalue weighted by molar-refractivity contribution is -0.135. The summed E-state index contributed by atoms with van der Waals surface area (Å²) in [5.41, 5.74) is 2.98. The van der Waals surface area contributed by atoms with Crippen molar-refractivity contribution < 1.29 is 9.59 Å². The second-order valence-corrected chi connectivity index (χ2v) is 7.83. The standard InChI is InChI=1S/C17H24N4O2S/c22-16-8-13(9-21(16)15-2-3-15)17(23)20-5-1-4-19(6-7-20)10-14-11-24-12-18-14/h11-13,15H,1-10H2. The van der Waals surface area contributed by atoms with Crippen molar-refractivity contribution in [3.63, 3.8) is 0 Å². The highest BCUT2D eigenvalue weighted by atomic mass is 32.1. The number of hydrogen-bond donors (Lipinski definition) is 0. The number of rotatable bonds is 4. The molecule has 3 aliphatic rings. The third-order valence-electron chi connectivity index (χ3n) is 5.26. The maximum absolute atomic E-state index is 12.8. The normalized spacial score (nSPS) is 26.0. The third-order valence-corrected chi connectivity index (χ3v) is 5.90. The molecule has 1 aromatic heterocycles. The predicted molar refractivity (Wildman–Crippen MR) is 91.4 cm³/mol. The molecule has 0 bridgehead atoms. The Morgan fingerprint density at radius 2 is 2.12 bits per heavy atom. The van der Waals surface area contributed by atoms with E-state index in [4.69, 9.17) is 0 Å². The maximum Gasteiger partial charge on any atom is 0.228 e. The summed E-state index contributed by atoms with van der Waals surface area (Å²) in [6.07, 6.45) is 3.63. The molecule has 2 amide bonds. The maximum atomic E-state index is 12.8. The molecule has 6 nitrogen and oxygen atoms in total. The van der Waals surface area contributed by atoms with Gasteiger partial charge in [0.05, 0.1) is 17.1 Å². The smallest absolute Gasteiger partial charge is 0.228 e. The van der Waals surface area contributed by atoms with E-state index in [0.29, 0.717) is 19.0 Å². The average Bonchev–Trinajstić information content (AvgIpc) is 3.23. The van der Waals surface area contributed by atoms with E-state index in [1.807, 2.05) is 15.3 Å². The Kier molecular flexibility index (Phi) is 4.54. The van der Waals surface area contributed by atoms with Crippen molar-refractivity contribution >= 4 is 23.2 Å². The molecule has 1 aromatic rings. The summed E-state index contributed by atoms with van der Waals surface area (Å²) >= 11 is 1.62. The van der Waals surface area contributed by atoms with Gasteiger partial charge in [-0.3, -0.25) is 14.5 Å². The minimum absolute atomic E-state index is 0.122. The highest BCUT2D eigenvalue weighted by Crippen LogP contribution is 2.33. The van der Waals surface area contributed by atoms with Crippen molar-refractivity contribution in [2.75, 3.05) is 32.7 Å². The molecular weight excluding hydrogens is 324 g/mol. The van der Waals surface area contributed by atoms with Gasteiger partial charge in [0, 0.05) is 57.1 Å². The summed E-state index contributed by atoms with van der Waals surface area (Å²) in [5, 5.41) is 2.09. The van der Waals surface area contributed by atoms with Crippen molar-refractivity contribution in [1.29, 1.82) is 0 Å². The zero-order valence-corrected chi connectivity index (χ0v) is 14.7. The highest BCUT2D eigenvalue weighted by molar-refractivity contribution is 7.07. The first-order chi connectivity index (χ1) is 11.7. The number of nitrogens with zero attached hydrogens (tertiary/aromatic N) is 4. The fourth-order valence-electron chi connectivity index (χ4n) is 3.79. The van der Waals surface area contributed by atoms with Gasteiger partial charge < -0.3 is 9.80 Å². The minimum atomic E-state index is -0.122. The van der Waals surface area contributed by atoms with E-state index >= 15 is 0 Å². The van der Waals surface area contributed by atoms with Crippen LogP contribution in [0.15, 0.2) is 10.9 Å². The van der Waals surface area contributed by atoms with Crippen LogP contribution < -0.4 is 0 Å². The second kappa shape index (κ2) is 6.80. The van der Waals surface area contributed by atoms with Crippen LogP contribution in [0.2, 0.25) is 0 Å². The predicted octanol–water partition coefficient (Wildman–Crippen LogP) is 1.19. The number of thiazole rings is 1. The monoisotopic (exact) mass is 348 g/mol. The first-order valence-electron chi connectivity index (χ1n) is 8.88. The summed E-state index contributed by atoms with van der Waals surface area (Å²) in [4.78, 5) is 35.6. The number of amides is 2. The lowest BCUT2D eigenvalue weighted by Crippen LogP contribution is -2.40. The third kappa shape index (κ3) is 3.47. The first-order valence-corrected chi connectivity index (χ1v) is 9.82. The summed E-state index contributed by atoms with van der Waals surface area (Å²) in [5.74, 6) is 0.237. The quantitative estimate of drug-likeness (QED) is 0.820. The van der Waals surface area contributed by atoms with E-state index in [2.05, 4.69) is 15.3 Å². The molecule has 0 radical (unpaired) electrons. The van der Waals surface area contributed by atoms with Crippen LogP contribution in [0, 0.1) is 5.92 Å². The van der Waals surface area contributed by atoms with Crippen molar-refractivity contribution in [3.8, 4) is 0 Å². The molecule has 7 heteroatoms. The molecule has 0 N–H and O–H groups in total. The van der Waals surface area contributed by atoms with Gasteiger partial charge in [0.2, 0.25) is 11.8 Å². The lowest BCUT2D eigenvalue weighted by Gasteiger charge is -2.24. The van der Waals surface area contributed by atoms with Gasteiger partial charge in [-0.05, 0) is 19.3 Å². The molecule has 2 saturated heterocycles. The fraction of sp³-hybridized carbons (Fsp3) is 0.706. The van der Waals surface area contributed by atoms with Crippen LogP contribution in [0.4, 0.5) is 0 Å². The molecule has 24 heavy (non-hydrogen) atoms. The second-order valence-electron chi connectivity index (χ2n) is 7.11.